The lowest BCUT2D eigenvalue weighted by Gasteiger charge is -2.27. The standard InChI is InChI=1S/C20H23FN2O3/c1-14(20(25)22-12-17-6-4-5-7-19(17)26-3)23(15(2)24)13-16-8-10-18(21)11-9-16/h4-11,14H,12-13H2,1-3H3,(H,22,25). The second kappa shape index (κ2) is 8.99. The summed E-state index contributed by atoms with van der Waals surface area (Å²) >= 11 is 0. The Morgan fingerprint density at radius 2 is 1.81 bits per heavy atom. The molecule has 2 aromatic rings. The van der Waals surface area contributed by atoms with Crippen LogP contribution in [-0.4, -0.2) is 29.9 Å². The number of halogens is 1. The Hall–Kier alpha value is -2.89. The van der Waals surface area contributed by atoms with Crippen molar-refractivity contribution < 1.29 is 18.7 Å². The van der Waals surface area contributed by atoms with E-state index in [4.69, 9.17) is 4.74 Å². The molecule has 1 atom stereocenters. The van der Waals surface area contributed by atoms with Crippen molar-refractivity contribution in [3.8, 4) is 5.75 Å². The van der Waals surface area contributed by atoms with Gasteiger partial charge >= 0.3 is 0 Å². The van der Waals surface area contributed by atoms with Crippen LogP contribution in [0.2, 0.25) is 0 Å². The van der Waals surface area contributed by atoms with Crippen LogP contribution in [-0.2, 0) is 22.7 Å². The summed E-state index contributed by atoms with van der Waals surface area (Å²) in [5.41, 5.74) is 1.61. The number of ether oxygens (including phenoxy) is 1. The number of hydrogen-bond donors (Lipinski definition) is 1. The number of hydrogen-bond acceptors (Lipinski definition) is 3. The Balaban J connectivity index is 2.03. The molecule has 2 rings (SSSR count). The Bertz CT molecular complexity index is 762. The Morgan fingerprint density at radius 3 is 2.42 bits per heavy atom. The van der Waals surface area contributed by atoms with Gasteiger partial charge in [-0.3, -0.25) is 9.59 Å². The van der Waals surface area contributed by atoms with Gasteiger partial charge < -0.3 is 15.0 Å². The minimum Gasteiger partial charge on any atom is -0.496 e. The number of carbonyl (C=O) groups excluding carboxylic acids is 2. The molecule has 6 heteroatoms. The number of rotatable bonds is 7. The fourth-order valence-corrected chi connectivity index (χ4v) is 2.63. The van der Waals surface area contributed by atoms with Crippen molar-refractivity contribution in [1.82, 2.24) is 10.2 Å². The first-order valence-electron chi connectivity index (χ1n) is 8.33. The van der Waals surface area contributed by atoms with Crippen LogP contribution in [0.3, 0.4) is 0 Å². The molecule has 2 amide bonds. The molecule has 2 aromatic carbocycles. The van der Waals surface area contributed by atoms with Crippen molar-refractivity contribution in [1.29, 1.82) is 0 Å². The Kier molecular flexibility index (Phi) is 6.72. The lowest BCUT2D eigenvalue weighted by atomic mass is 10.1. The highest BCUT2D eigenvalue weighted by molar-refractivity contribution is 5.86. The molecule has 138 valence electrons. The molecule has 5 nitrogen and oxygen atoms in total. The Morgan fingerprint density at radius 1 is 1.15 bits per heavy atom. The first kappa shape index (κ1) is 19.4. The maximum atomic E-state index is 13.0. The maximum absolute atomic E-state index is 13.0. The number of methoxy groups -OCH3 is 1. The third kappa shape index (κ3) is 5.05. The third-order valence-electron chi connectivity index (χ3n) is 4.16. The van der Waals surface area contributed by atoms with Gasteiger partial charge in [-0.25, -0.2) is 4.39 Å². The summed E-state index contributed by atoms with van der Waals surface area (Å²) in [6.07, 6.45) is 0. The van der Waals surface area contributed by atoms with Crippen LogP contribution >= 0.6 is 0 Å². The average Bonchev–Trinajstić information content (AvgIpc) is 2.65. The van der Waals surface area contributed by atoms with Crippen LogP contribution in [0, 0.1) is 5.82 Å². The smallest absolute Gasteiger partial charge is 0.242 e. The average molecular weight is 358 g/mol. The lowest BCUT2D eigenvalue weighted by molar-refractivity contribution is -0.139. The van der Waals surface area contributed by atoms with E-state index in [2.05, 4.69) is 5.32 Å². The largest absolute Gasteiger partial charge is 0.496 e. The number of nitrogens with one attached hydrogen (secondary N) is 1. The molecule has 0 heterocycles. The van der Waals surface area contributed by atoms with Gasteiger partial charge in [-0.2, -0.15) is 0 Å². The zero-order valence-corrected chi connectivity index (χ0v) is 15.2. The molecule has 0 radical (unpaired) electrons. The molecule has 0 spiro atoms. The fraction of sp³-hybridized carbons (Fsp3) is 0.300. The number of amides is 2. The van der Waals surface area contributed by atoms with Crippen LogP contribution in [0.1, 0.15) is 25.0 Å². The van der Waals surface area contributed by atoms with E-state index in [1.54, 1.807) is 26.2 Å². The highest BCUT2D eigenvalue weighted by Gasteiger charge is 2.23. The summed E-state index contributed by atoms with van der Waals surface area (Å²) in [6.45, 7) is 3.62. The van der Waals surface area contributed by atoms with Gasteiger partial charge in [0.15, 0.2) is 0 Å². The molecule has 0 saturated carbocycles. The number of benzene rings is 2. The molecular formula is C20H23FN2O3. The van der Waals surface area contributed by atoms with Gasteiger partial charge in [0.25, 0.3) is 0 Å². The first-order chi connectivity index (χ1) is 12.4. The van der Waals surface area contributed by atoms with Gasteiger partial charge in [-0.15, -0.1) is 0 Å². The van der Waals surface area contributed by atoms with Crippen LogP contribution in [0.15, 0.2) is 48.5 Å². The first-order valence-corrected chi connectivity index (χ1v) is 8.33. The summed E-state index contributed by atoms with van der Waals surface area (Å²) in [4.78, 5) is 25.9. The van der Waals surface area contributed by atoms with Gasteiger partial charge in [0.05, 0.1) is 7.11 Å². The van der Waals surface area contributed by atoms with Crippen molar-refractivity contribution in [3.63, 3.8) is 0 Å². The minimum atomic E-state index is -0.660. The zero-order valence-electron chi connectivity index (χ0n) is 15.2. The fourth-order valence-electron chi connectivity index (χ4n) is 2.63. The van der Waals surface area contributed by atoms with Crippen molar-refractivity contribution in [2.75, 3.05) is 7.11 Å². The SMILES string of the molecule is COc1ccccc1CNC(=O)C(C)N(Cc1ccc(F)cc1)C(C)=O. The lowest BCUT2D eigenvalue weighted by Crippen LogP contribution is -2.46. The monoisotopic (exact) mass is 358 g/mol. The molecule has 26 heavy (non-hydrogen) atoms. The Labute approximate surface area is 152 Å². The number of nitrogens with zero attached hydrogens (tertiary/aromatic N) is 1. The maximum Gasteiger partial charge on any atom is 0.242 e. The van der Waals surface area contributed by atoms with E-state index < -0.39 is 6.04 Å². The second-order valence-electron chi connectivity index (χ2n) is 5.98. The van der Waals surface area contributed by atoms with Crippen molar-refractivity contribution in [3.05, 3.63) is 65.5 Å². The van der Waals surface area contributed by atoms with Gasteiger partial charge in [0.2, 0.25) is 11.8 Å². The molecule has 0 saturated heterocycles. The number of carbonyl (C=O) groups is 2. The van der Waals surface area contributed by atoms with Gasteiger partial charge in [-0.1, -0.05) is 30.3 Å². The third-order valence-corrected chi connectivity index (χ3v) is 4.16. The van der Waals surface area contributed by atoms with Crippen molar-refractivity contribution in [2.24, 2.45) is 0 Å². The zero-order chi connectivity index (χ0) is 19.1. The van der Waals surface area contributed by atoms with Gasteiger partial charge in [0, 0.05) is 25.6 Å². The summed E-state index contributed by atoms with van der Waals surface area (Å²) in [5, 5.41) is 2.83. The van der Waals surface area contributed by atoms with Crippen molar-refractivity contribution in [2.45, 2.75) is 33.0 Å². The molecule has 0 aliphatic carbocycles. The molecule has 0 fully saturated rings. The second-order valence-corrected chi connectivity index (χ2v) is 5.98. The van der Waals surface area contributed by atoms with Crippen LogP contribution in [0.4, 0.5) is 4.39 Å². The minimum absolute atomic E-state index is 0.228. The summed E-state index contributed by atoms with van der Waals surface area (Å²) in [7, 11) is 1.57. The van der Waals surface area contributed by atoms with E-state index in [1.807, 2.05) is 24.3 Å². The molecular weight excluding hydrogens is 335 g/mol. The molecule has 1 N–H and O–H groups in total. The van der Waals surface area contributed by atoms with Crippen molar-refractivity contribution >= 4 is 11.8 Å². The van der Waals surface area contributed by atoms with Crippen LogP contribution in [0.25, 0.3) is 0 Å². The quantitative estimate of drug-likeness (QED) is 0.828. The molecule has 0 aromatic heterocycles. The molecule has 0 aliphatic rings. The van der Waals surface area contributed by atoms with E-state index in [-0.39, 0.29) is 24.2 Å². The molecule has 0 bridgehead atoms. The van der Waals surface area contributed by atoms with Gasteiger partial charge in [0.1, 0.15) is 17.6 Å². The van der Waals surface area contributed by atoms with E-state index in [0.29, 0.717) is 12.3 Å². The van der Waals surface area contributed by atoms with Gasteiger partial charge in [-0.05, 0) is 30.7 Å². The summed E-state index contributed by atoms with van der Waals surface area (Å²) in [6, 6.07) is 12.6. The number of para-hydroxylation sites is 1. The van der Waals surface area contributed by atoms with Crippen LogP contribution in [0.5, 0.6) is 5.75 Å². The highest BCUT2D eigenvalue weighted by Crippen LogP contribution is 2.17. The molecule has 0 aliphatic heterocycles. The predicted molar refractivity (Wildman–Crippen MR) is 96.9 cm³/mol. The van der Waals surface area contributed by atoms with E-state index >= 15 is 0 Å². The summed E-state index contributed by atoms with van der Waals surface area (Å²) in [5.74, 6) is -0.150. The highest BCUT2D eigenvalue weighted by atomic mass is 19.1. The van der Waals surface area contributed by atoms with Crippen LogP contribution < -0.4 is 10.1 Å². The van der Waals surface area contributed by atoms with E-state index in [0.717, 1.165) is 11.1 Å². The molecule has 1 unspecified atom stereocenters. The van der Waals surface area contributed by atoms with E-state index in [9.17, 15) is 14.0 Å². The topological polar surface area (TPSA) is 58.6 Å². The summed E-state index contributed by atoms with van der Waals surface area (Å²) < 4.78 is 18.3. The predicted octanol–water partition coefficient (Wildman–Crippen LogP) is 2.89. The van der Waals surface area contributed by atoms with E-state index in [1.165, 1.54) is 24.0 Å². The normalized spacial score (nSPS) is 11.5.